The van der Waals surface area contributed by atoms with Gasteiger partial charge in [0.05, 0.1) is 14.9 Å². The van der Waals surface area contributed by atoms with Crippen LogP contribution in [-0.2, 0) is 4.84 Å². The Bertz CT molecular complexity index is 538. The van der Waals surface area contributed by atoms with Gasteiger partial charge in [-0.05, 0) is 44.5 Å². The van der Waals surface area contributed by atoms with E-state index in [1.807, 2.05) is 0 Å². The number of hydrogen-bond donors (Lipinski definition) is 1. The Balaban J connectivity index is 1.44. The fraction of sp³-hybridized carbons (Fsp3) is 0.600. The van der Waals surface area contributed by atoms with Crippen molar-refractivity contribution < 1.29 is 9.63 Å². The van der Waals surface area contributed by atoms with Crippen molar-refractivity contribution >= 4 is 34.4 Å². The van der Waals surface area contributed by atoms with Gasteiger partial charge in [-0.15, -0.1) is 11.3 Å². The smallest absolute Gasteiger partial charge is 0.172 e. The molecule has 2 aliphatic heterocycles. The van der Waals surface area contributed by atoms with Crippen molar-refractivity contribution in [2.24, 2.45) is 11.1 Å². The van der Waals surface area contributed by atoms with Gasteiger partial charge in [-0.1, -0.05) is 16.8 Å². The molecule has 0 amide bonds. The fourth-order valence-electron chi connectivity index (χ4n) is 2.88. The lowest BCUT2D eigenvalue weighted by Crippen LogP contribution is -2.31. The maximum Gasteiger partial charge on any atom is 0.172 e. The molecule has 0 saturated carbocycles. The van der Waals surface area contributed by atoms with E-state index in [0.29, 0.717) is 16.7 Å². The third-order valence-electron chi connectivity index (χ3n) is 4.11. The molecule has 114 valence electrons. The van der Waals surface area contributed by atoms with Crippen molar-refractivity contribution in [3.8, 4) is 0 Å². The van der Waals surface area contributed by atoms with Crippen LogP contribution >= 0.6 is 22.9 Å². The van der Waals surface area contributed by atoms with E-state index in [9.17, 15) is 4.79 Å². The van der Waals surface area contributed by atoms with Gasteiger partial charge >= 0.3 is 0 Å². The molecule has 0 radical (unpaired) electrons. The van der Waals surface area contributed by atoms with Crippen LogP contribution in [0.25, 0.3) is 0 Å². The molecule has 0 spiro atoms. The number of halogens is 1. The summed E-state index contributed by atoms with van der Waals surface area (Å²) in [6.45, 7) is 2.12. The van der Waals surface area contributed by atoms with Crippen LogP contribution in [0.2, 0.25) is 4.34 Å². The Morgan fingerprint density at radius 1 is 1.43 bits per heavy atom. The lowest BCUT2D eigenvalue weighted by atomic mass is 9.89. The fourth-order valence-corrected chi connectivity index (χ4v) is 3.89. The first-order valence-electron chi connectivity index (χ1n) is 7.44. The summed E-state index contributed by atoms with van der Waals surface area (Å²) in [4.78, 5) is 18.3. The summed E-state index contributed by atoms with van der Waals surface area (Å²) in [5.74, 6) is 0.703. The van der Waals surface area contributed by atoms with Gasteiger partial charge in [-0.25, -0.2) is 0 Å². The van der Waals surface area contributed by atoms with Crippen LogP contribution in [0.5, 0.6) is 0 Å². The standard InChI is InChI=1S/C15H19ClN2O2S/c16-15-4-3-14(21-15)13(19)2-1-11-9-12(18-20-11)10-5-7-17-8-6-10/h3-4,10-11,17H,1-2,5-9H2. The van der Waals surface area contributed by atoms with Crippen molar-refractivity contribution in [2.45, 2.75) is 38.2 Å². The van der Waals surface area contributed by atoms with Crippen molar-refractivity contribution in [2.75, 3.05) is 13.1 Å². The van der Waals surface area contributed by atoms with E-state index in [0.717, 1.165) is 43.6 Å². The molecular weight excluding hydrogens is 308 g/mol. The molecule has 3 heterocycles. The Morgan fingerprint density at radius 2 is 2.24 bits per heavy atom. The monoisotopic (exact) mass is 326 g/mol. The van der Waals surface area contributed by atoms with Crippen molar-refractivity contribution in [3.05, 3.63) is 21.3 Å². The summed E-state index contributed by atoms with van der Waals surface area (Å²) < 4.78 is 0.659. The number of carbonyl (C=O) groups excluding carboxylic acids is 1. The summed E-state index contributed by atoms with van der Waals surface area (Å²) in [6.07, 6.45) is 4.45. The van der Waals surface area contributed by atoms with E-state index in [4.69, 9.17) is 16.4 Å². The van der Waals surface area contributed by atoms with Crippen LogP contribution < -0.4 is 5.32 Å². The molecule has 6 heteroatoms. The predicted octanol–water partition coefficient (Wildman–Crippen LogP) is 3.51. The Labute approximate surface area is 133 Å². The highest BCUT2D eigenvalue weighted by Gasteiger charge is 2.28. The summed E-state index contributed by atoms with van der Waals surface area (Å²) in [7, 11) is 0. The van der Waals surface area contributed by atoms with Crippen molar-refractivity contribution in [1.29, 1.82) is 0 Å². The number of nitrogens with zero attached hydrogens (tertiary/aromatic N) is 1. The number of hydrogen-bond acceptors (Lipinski definition) is 5. The largest absolute Gasteiger partial charge is 0.392 e. The van der Waals surface area contributed by atoms with E-state index < -0.39 is 0 Å². The second-order valence-corrected chi connectivity index (χ2v) is 7.32. The summed E-state index contributed by atoms with van der Waals surface area (Å²) >= 11 is 7.20. The van der Waals surface area contributed by atoms with E-state index in [1.165, 1.54) is 17.0 Å². The average Bonchev–Trinajstić information content (AvgIpc) is 3.15. The molecular formula is C15H19ClN2O2S. The zero-order chi connectivity index (χ0) is 14.7. The quantitative estimate of drug-likeness (QED) is 0.842. The van der Waals surface area contributed by atoms with Gasteiger partial charge in [0.25, 0.3) is 0 Å². The number of piperidine rings is 1. The molecule has 0 bridgehead atoms. The minimum Gasteiger partial charge on any atom is -0.392 e. The van der Waals surface area contributed by atoms with Crippen LogP contribution in [0.4, 0.5) is 0 Å². The zero-order valence-corrected chi connectivity index (χ0v) is 13.4. The minimum absolute atomic E-state index is 0.0641. The number of thiophene rings is 1. The number of rotatable bonds is 5. The van der Waals surface area contributed by atoms with Crippen LogP contribution in [0, 0.1) is 5.92 Å². The Hall–Kier alpha value is -0.910. The van der Waals surface area contributed by atoms with Crippen molar-refractivity contribution in [3.63, 3.8) is 0 Å². The van der Waals surface area contributed by atoms with Crippen LogP contribution in [0.3, 0.4) is 0 Å². The highest BCUT2D eigenvalue weighted by Crippen LogP contribution is 2.27. The lowest BCUT2D eigenvalue weighted by Gasteiger charge is -2.21. The van der Waals surface area contributed by atoms with E-state index >= 15 is 0 Å². The van der Waals surface area contributed by atoms with Crippen LogP contribution in [-0.4, -0.2) is 30.7 Å². The molecule has 4 nitrogen and oxygen atoms in total. The number of ketones is 1. The molecule has 0 aromatic carbocycles. The first kappa shape index (κ1) is 15.0. The second kappa shape index (κ2) is 6.90. The highest BCUT2D eigenvalue weighted by atomic mass is 35.5. The van der Waals surface area contributed by atoms with Crippen LogP contribution in [0.1, 0.15) is 41.8 Å². The molecule has 1 saturated heterocycles. The van der Waals surface area contributed by atoms with Crippen molar-refractivity contribution in [1.82, 2.24) is 5.32 Å². The molecule has 3 rings (SSSR count). The van der Waals surface area contributed by atoms with Crippen LogP contribution in [0.15, 0.2) is 17.3 Å². The first-order chi connectivity index (χ1) is 10.2. The molecule has 1 N–H and O–H groups in total. The van der Waals surface area contributed by atoms with Gasteiger partial charge in [0, 0.05) is 18.8 Å². The second-order valence-electron chi connectivity index (χ2n) is 5.60. The maximum absolute atomic E-state index is 12.0. The maximum atomic E-state index is 12.0. The SMILES string of the molecule is O=C(CCC1CC(C2CCNCC2)=NO1)c1ccc(Cl)s1. The average molecular weight is 327 g/mol. The number of Topliss-reactive ketones (excluding diaryl/α,β-unsaturated/α-hetero) is 1. The molecule has 2 aliphatic rings. The third-order valence-corrected chi connectivity index (χ3v) is 5.38. The highest BCUT2D eigenvalue weighted by molar-refractivity contribution is 7.18. The number of oxime groups is 1. The zero-order valence-electron chi connectivity index (χ0n) is 11.8. The predicted molar refractivity (Wildman–Crippen MR) is 85.4 cm³/mol. The van der Waals surface area contributed by atoms with E-state index in [-0.39, 0.29) is 11.9 Å². The topological polar surface area (TPSA) is 50.7 Å². The number of nitrogens with one attached hydrogen (secondary N) is 1. The molecule has 1 fully saturated rings. The molecule has 0 aliphatic carbocycles. The normalized spacial score (nSPS) is 22.9. The molecule has 1 atom stereocenters. The minimum atomic E-state index is 0.0641. The third kappa shape index (κ3) is 3.84. The van der Waals surface area contributed by atoms with E-state index in [1.54, 1.807) is 12.1 Å². The van der Waals surface area contributed by atoms with Gasteiger partial charge in [0.15, 0.2) is 5.78 Å². The summed E-state index contributed by atoms with van der Waals surface area (Å²) in [5, 5.41) is 7.61. The Morgan fingerprint density at radius 3 is 2.95 bits per heavy atom. The molecule has 21 heavy (non-hydrogen) atoms. The van der Waals surface area contributed by atoms with Gasteiger partial charge in [-0.2, -0.15) is 0 Å². The van der Waals surface area contributed by atoms with Gasteiger partial charge < -0.3 is 10.2 Å². The van der Waals surface area contributed by atoms with E-state index in [2.05, 4.69) is 10.5 Å². The van der Waals surface area contributed by atoms with Gasteiger partial charge in [0.2, 0.25) is 0 Å². The molecule has 1 aromatic heterocycles. The van der Waals surface area contributed by atoms with Gasteiger partial charge in [0.1, 0.15) is 6.10 Å². The molecule has 1 unspecified atom stereocenters. The summed E-state index contributed by atoms with van der Waals surface area (Å²) in [5.41, 5.74) is 1.19. The number of carbonyl (C=O) groups is 1. The first-order valence-corrected chi connectivity index (χ1v) is 8.63. The van der Waals surface area contributed by atoms with Gasteiger partial charge in [-0.3, -0.25) is 4.79 Å². The molecule has 1 aromatic rings. The lowest BCUT2D eigenvalue weighted by molar-refractivity contribution is 0.0719. The Kier molecular flexibility index (Phi) is 4.93. The summed E-state index contributed by atoms with van der Waals surface area (Å²) in [6, 6.07) is 3.56.